The van der Waals surface area contributed by atoms with Crippen LogP contribution >= 0.6 is 0 Å². The Morgan fingerprint density at radius 2 is 1.87 bits per heavy atom. The number of carbonyl (C=O) groups is 2. The van der Waals surface area contributed by atoms with E-state index in [-0.39, 0.29) is 11.8 Å². The van der Waals surface area contributed by atoms with E-state index in [2.05, 4.69) is 5.32 Å². The number of aryl methyl sites for hydroxylation is 2. The van der Waals surface area contributed by atoms with Crippen molar-refractivity contribution in [2.45, 2.75) is 33.2 Å². The molecule has 0 saturated heterocycles. The third-order valence-corrected chi connectivity index (χ3v) is 4.27. The lowest BCUT2D eigenvalue weighted by Gasteiger charge is -2.23. The second-order valence-corrected chi connectivity index (χ2v) is 6.05. The van der Waals surface area contributed by atoms with Gasteiger partial charge in [-0.05, 0) is 42.7 Å². The fourth-order valence-electron chi connectivity index (χ4n) is 3.07. The first kappa shape index (κ1) is 15.3. The number of fused-ring (bicyclic) bond motifs is 1. The topological polar surface area (TPSA) is 49.4 Å². The number of nitrogens with one attached hydrogen (secondary N) is 1. The summed E-state index contributed by atoms with van der Waals surface area (Å²) in [7, 11) is 0. The van der Waals surface area contributed by atoms with Crippen molar-refractivity contribution in [3.63, 3.8) is 0 Å². The number of para-hydroxylation sites is 1. The number of hydrogen-bond donors (Lipinski definition) is 1. The van der Waals surface area contributed by atoms with Crippen LogP contribution in [0.15, 0.2) is 42.5 Å². The van der Waals surface area contributed by atoms with Crippen LogP contribution in [0.1, 0.15) is 23.6 Å². The Balaban J connectivity index is 1.88. The Morgan fingerprint density at radius 3 is 2.61 bits per heavy atom. The quantitative estimate of drug-likeness (QED) is 0.926. The zero-order valence-electron chi connectivity index (χ0n) is 13.6. The van der Waals surface area contributed by atoms with Gasteiger partial charge in [-0.1, -0.05) is 30.3 Å². The van der Waals surface area contributed by atoms with E-state index in [4.69, 9.17) is 0 Å². The molecule has 0 spiro atoms. The first-order valence-corrected chi connectivity index (χ1v) is 7.73. The average molecular weight is 308 g/mol. The summed E-state index contributed by atoms with van der Waals surface area (Å²) in [5.74, 6) is -0.263. The molecule has 1 heterocycles. The molecule has 118 valence electrons. The molecule has 4 nitrogen and oxygen atoms in total. The number of rotatable bonds is 2. The van der Waals surface area contributed by atoms with Gasteiger partial charge in [0.15, 0.2) is 0 Å². The summed E-state index contributed by atoms with van der Waals surface area (Å²) in [4.78, 5) is 26.4. The van der Waals surface area contributed by atoms with Crippen LogP contribution in [-0.2, 0) is 16.0 Å². The highest BCUT2D eigenvalue weighted by atomic mass is 16.2. The fraction of sp³-hybridized carbons (Fsp3) is 0.263. The van der Waals surface area contributed by atoms with Crippen LogP contribution in [0.3, 0.4) is 0 Å². The number of benzene rings is 2. The van der Waals surface area contributed by atoms with E-state index in [0.29, 0.717) is 6.42 Å². The molecule has 0 radical (unpaired) electrons. The molecule has 2 aromatic carbocycles. The molecule has 4 heteroatoms. The van der Waals surface area contributed by atoms with Crippen LogP contribution in [0.5, 0.6) is 0 Å². The van der Waals surface area contributed by atoms with Crippen molar-refractivity contribution in [1.82, 2.24) is 0 Å². The molecule has 0 aliphatic carbocycles. The van der Waals surface area contributed by atoms with Crippen molar-refractivity contribution in [1.29, 1.82) is 0 Å². The van der Waals surface area contributed by atoms with Crippen LogP contribution in [0, 0.1) is 13.8 Å². The van der Waals surface area contributed by atoms with E-state index in [9.17, 15) is 9.59 Å². The van der Waals surface area contributed by atoms with Gasteiger partial charge in [-0.3, -0.25) is 14.5 Å². The molecule has 0 fully saturated rings. The number of amides is 2. The number of anilines is 2. The summed E-state index contributed by atoms with van der Waals surface area (Å²) in [6.45, 7) is 5.45. The zero-order chi connectivity index (χ0) is 16.6. The molecule has 3 rings (SSSR count). The molecule has 0 bridgehead atoms. The van der Waals surface area contributed by atoms with Crippen LogP contribution in [0.25, 0.3) is 0 Å². The summed E-state index contributed by atoms with van der Waals surface area (Å²) in [5.41, 5.74) is 4.76. The summed E-state index contributed by atoms with van der Waals surface area (Å²) < 4.78 is 0. The predicted octanol–water partition coefficient (Wildman–Crippen LogP) is 3.22. The van der Waals surface area contributed by atoms with Crippen molar-refractivity contribution in [2.24, 2.45) is 0 Å². The van der Waals surface area contributed by atoms with E-state index in [0.717, 1.165) is 28.1 Å². The van der Waals surface area contributed by atoms with Gasteiger partial charge in [0.25, 0.3) is 0 Å². The Morgan fingerprint density at radius 1 is 1.13 bits per heavy atom. The molecule has 0 saturated carbocycles. The molecule has 1 N–H and O–H groups in total. The average Bonchev–Trinajstić information content (AvgIpc) is 2.90. The maximum absolute atomic E-state index is 12.8. The van der Waals surface area contributed by atoms with Gasteiger partial charge >= 0.3 is 0 Å². The minimum absolute atomic E-state index is 0.115. The van der Waals surface area contributed by atoms with Gasteiger partial charge < -0.3 is 5.32 Å². The normalized spacial score (nSPS) is 16.1. The van der Waals surface area contributed by atoms with Crippen LogP contribution < -0.4 is 10.2 Å². The van der Waals surface area contributed by atoms with E-state index in [1.165, 1.54) is 6.92 Å². The van der Waals surface area contributed by atoms with Crippen molar-refractivity contribution < 1.29 is 9.59 Å². The maximum Gasteiger partial charge on any atom is 0.247 e. The van der Waals surface area contributed by atoms with Gasteiger partial charge in [0, 0.05) is 24.7 Å². The monoisotopic (exact) mass is 308 g/mol. The number of hydrogen-bond acceptors (Lipinski definition) is 2. The van der Waals surface area contributed by atoms with Crippen molar-refractivity contribution in [2.75, 3.05) is 10.2 Å². The summed E-state index contributed by atoms with van der Waals surface area (Å²) in [6, 6.07) is 13.1. The standard InChI is InChI=1S/C19H20N2O2/c1-12-8-9-13(2)16(10-12)20-19(23)18-11-15-6-4-5-7-17(15)21(18)14(3)22/h4-10,18H,11H2,1-3H3,(H,20,23)/t18-/m1/s1. The third kappa shape index (κ3) is 2.84. The lowest BCUT2D eigenvalue weighted by molar-refractivity contribution is -0.122. The van der Waals surface area contributed by atoms with Crippen LogP contribution in [-0.4, -0.2) is 17.9 Å². The second kappa shape index (κ2) is 5.88. The highest BCUT2D eigenvalue weighted by Gasteiger charge is 2.36. The first-order chi connectivity index (χ1) is 11.0. The minimum Gasteiger partial charge on any atom is -0.324 e. The molecule has 23 heavy (non-hydrogen) atoms. The van der Waals surface area contributed by atoms with Gasteiger partial charge in [-0.15, -0.1) is 0 Å². The molecule has 1 aliphatic rings. The van der Waals surface area contributed by atoms with Crippen molar-refractivity contribution in [3.8, 4) is 0 Å². The van der Waals surface area contributed by atoms with E-state index < -0.39 is 6.04 Å². The smallest absolute Gasteiger partial charge is 0.247 e. The van der Waals surface area contributed by atoms with Gasteiger partial charge in [-0.25, -0.2) is 0 Å². The van der Waals surface area contributed by atoms with Gasteiger partial charge in [0.2, 0.25) is 11.8 Å². The third-order valence-electron chi connectivity index (χ3n) is 4.27. The Bertz CT molecular complexity index is 783. The Hall–Kier alpha value is -2.62. The molecule has 0 aromatic heterocycles. The fourth-order valence-corrected chi connectivity index (χ4v) is 3.07. The van der Waals surface area contributed by atoms with Gasteiger partial charge in [0.1, 0.15) is 6.04 Å². The molecular formula is C19H20N2O2. The van der Waals surface area contributed by atoms with Gasteiger partial charge in [0.05, 0.1) is 0 Å². The molecular weight excluding hydrogens is 288 g/mol. The lowest BCUT2D eigenvalue weighted by Crippen LogP contribution is -2.44. The minimum atomic E-state index is -0.496. The predicted molar refractivity (Wildman–Crippen MR) is 91.6 cm³/mol. The highest BCUT2D eigenvalue weighted by molar-refractivity contribution is 6.06. The highest BCUT2D eigenvalue weighted by Crippen LogP contribution is 2.32. The second-order valence-electron chi connectivity index (χ2n) is 6.05. The summed E-state index contributed by atoms with van der Waals surface area (Å²) in [6.07, 6.45) is 0.548. The van der Waals surface area contributed by atoms with E-state index >= 15 is 0 Å². The van der Waals surface area contributed by atoms with Crippen LogP contribution in [0.2, 0.25) is 0 Å². The number of carbonyl (C=O) groups excluding carboxylic acids is 2. The molecule has 2 amide bonds. The van der Waals surface area contributed by atoms with E-state index in [1.807, 2.05) is 56.3 Å². The Labute approximate surface area is 136 Å². The first-order valence-electron chi connectivity index (χ1n) is 7.73. The molecule has 2 aromatic rings. The van der Waals surface area contributed by atoms with Gasteiger partial charge in [-0.2, -0.15) is 0 Å². The van der Waals surface area contributed by atoms with E-state index in [1.54, 1.807) is 4.90 Å². The SMILES string of the molecule is CC(=O)N1c2ccccc2C[C@@H]1C(=O)Nc1cc(C)ccc1C. The lowest BCUT2D eigenvalue weighted by atomic mass is 10.1. The number of nitrogens with zero attached hydrogens (tertiary/aromatic N) is 1. The maximum atomic E-state index is 12.8. The van der Waals surface area contributed by atoms with Crippen LogP contribution in [0.4, 0.5) is 11.4 Å². The van der Waals surface area contributed by atoms with Crippen molar-refractivity contribution >= 4 is 23.2 Å². The molecule has 1 atom stereocenters. The summed E-state index contributed by atoms with van der Waals surface area (Å²) in [5, 5.41) is 2.98. The zero-order valence-corrected chi connectivity index (χ0v) is 13.6. The molecule has 0 unspecified atom stereocenters. The largest absolute Gasteiger partial charge is 0.324 e. The molecule has 1 aliphatic heterocycles. The van der Waals surface area contributed by atoms with Crippen molar-refractivity contribution in [3.05, 3.63) is 59.2 Å². The Kier molecular flexibility index (Phi) is 3.90. The summed E-state index contributed by atoms with van der Waals surface area (Å²) >= 11 is 0.